The first-order chi connectivity index (χ1) is 8.93. The second-order valence-corrected chi connectivity index (χ2v) is 3.72. The number of hydrogen-bond acceptors (Lipinski definition) is 4. The van der Waals surface area contributed by atoms with E-state index >= 15 is 0 Å². The standard InChI is InChI=1S/C14H10N4/c1-2-8-16-13(5-1)14-17-9-6-12(18-14)11-4-3-7-15-10-11/h1-10H. The molecule has 0 fully saturated rings. The zero-order chi connectivity index (χ0) is 12.2. The third kappa shape index (κ3) is 2.08. The lowest BCUT2D eigenvalue weighted by atomic mass is 10.2. The van der Waals surface area contributed by atoms with Crippen LogP contribution in [0.1, 0.15) is 0 Å². The van der Waals surface area contributed by atoms with Gasteiger partial charge in [0.15, 0.2) is 5.82 Å². The van der Waals surface area contributed by atoms with Crippen molar-refractivity contribution in [3.8, 4) is 22.8 Å². The zero-order valence-corrected chi connectivity index (χ0v) is 9.56. The second-order valence-electron chi connectivity index (χ2n) is 3.72. The summed E-state index contributed by atoms with van der Waals surface area (Å²) < 4.78 is 0. The molecular formula is C14H10N4. The molecule has 3 rings (SSSR count). The van der Waals surface area contributed by atoms with Gasteiger partial charge >= 0.3 is 0 Å². The summed E-state index contributed by atoms with van der Waals surface area (Å²) in [7, 11) is 0. The number of nitrogens with zero attached hydrogens (tertiary/aromatic N) is 4. The van der Waals surface area contributed by atoms with Gasteiger partial charge in [0.2, 0.25) is 0 Å². The maximum Gasteiger partial charge on any atom is 0.178 e. The molecule has 3 aromatic heterocycles. The molecule has 0 saturated carbocycles. The van der Waals surface area contributed by atoms with E-state index in [1.807, 2.05) is 36.4 Å². The fraction of sp³-hybridized carbons (Fsp3) is 0. The molecule has 0 bridgehead atoms. The van der Waals surface area contributed by atoms with E-state index in [1.54, 1.807) is 24.8 Å². The molecule has 18 heavy (non-hydrogen) atoms. The Morgan fingerprint density at radius 1 is 0.722 bits per heavy atom. The van der Waals surface area contributed by atoms with E-state index in [-0.39, 0.29) is 0 Å². The van der Waals surface area contributed by atoms with Gasteiger partial charge in [0.05, 0.1) is 5.69 Å². The highest BCUT2D eigenvalue weighted by Crippen LogP contribution is 2.18. The van der Waals surface area contributed by atoms with Gasteiger partial charge < -0.3 is 0 Å². The smallest absolute Gasteiger partial charge is 0.178 e. The molecular weight excluding hydrogens is 224 g/mol. The van der Waals surface area contributed by atoms with Crippen LogP contribution >= 0.6 is 0 Å². The van der Waals surface area contributed by atoms with Crippen molar-refractivity contribution in [2.24, 2.45) is 0 Å². The topological polar surface area (TPSA) is 51.6 Å². The van der Waals surface area contributed by atoms with Gasteiger partial charge in [-0.3, -0.25) is 9.97 Å². The van der Waals surface area contributed by atoms with Gasteiger partial charge in [-0.1, -0.05) is 6.07 Å². The number of rotatable bonds is 2. The van der Waals surface area contributed by atoms with Gasteiger partial charge in [-0.25, -0.2) is 9.97 Å². The maximum absolute atomic E-state index is 4.50. The monoisotopic (exact) mass is 234 g/mol. The Morgan fingerprint density at radius 2 is 1.72 bits per heavy atom. The van der Waals surface area contributed by atoms with Crippen molar-refractivity contribution in [1.82, 2.24) is 19.9 Å². The molecule has 0 saturated heterocycles. The molecule has 0 aromatic carbocycles. The molecule has 0 aliphatic rings. The lowest BCUT2D eigenvalue weighted by molar-refractivity contribution is 1.14. The summed E-state index contributed by atoms with van der Waals surface area (Å²) in [6.07, 6.45) is 6.99. The van der Waals surface area contributed by atoms with Crippen molar-refractivity contribution in [3.05, 3.63) is 61.2 Å². The van der Waals surface area contributed by atoms with Crippen molar-refractivity contribution in [3.63, 3.8) is 0 Å². The summed E-state index contributed by atoms with van der Waals surface area (Å²) >= 11 is 0. The number of pyridine rings is 2. The van der Waals surface area contributed by atoms with E-state index in [1.165, 1.54) is 0 Å². The van der Waals surface area contributed by atoms with Crippen LogP contribution in [0.2, 0.25) is 0 Å². The molecule has 0 amide bonds. The first-order valence-electron chi connectivity index (χ1n) is 5.58. The van der Waals surface area contributed by atoms with E-state index in [2.05, 4.69) is 19.9 Å². The van der Waals surface area contributed by atoms with Crippen LogP contribution in [-0.2, 0) is 0 Å². The minimum atomic E-state index is 0.622. The predicted octanol–water partition coefficient (Wildman–Crippen LogP) is 2.60. The van der Waals surface area contributed by atoms with Crippen LogP contribution in [0.4, 0.5) is 0 Å². The first kappa shape index (κ1) is 10.5. The predicted molar refractivity (Wildman–Crippen MR) is 68.5 cm³/mol. The Bertz CT molecular complexity index is 583. The normalized spacial score (nSPS) is 10.2. The second kappa shape index (κ2) is 4.71. The molecule has 0 radical (unpaired) electrons. The Hall–Kier alpha value is -2.62. The van der Waals surface area contributed by atoms with Crippen molar-refractivity contribution in [1.29, 1.82) is 0 Å². The lowest BCUT2D eigenvalue weighted by Crippen LogP contribution is -1.93. The quantitative estimate of drug-likeness (QED) is 0.684. The van der Waals surface area contributed by atoms with Gasteiger partial charge in [-0.05, 0) is 30.3 Å². The Morgan fingerprint density at radius 3 is 2.50 bits per heavy atom. The molecule has 4 nitrogen and oxygen atoms in total. The van der Waals surface area contributed by atoms with Gasteiger partial charge in [0, 0.05) is 30.4 Å². The third-order valence-electron chi connectivity index (χ3n) is 2.51. The van der Waals surface area contributed by atoms with Crippen LogP contribution in [0, 0.1) is 0 Å². The van der Waals surface area contributed by atoms with E-state index in [4.69, 9.17) is 0 Å². The Kier molecular flexibility index (Phi) is 2.75. The molecule has 3 aromatic rings. The van der Waals surface area contributed by atoms with Crippen molar-refractivity contribution in [2.45, 2.75) is 0 Å². The van der Waals surface area contributed by atoms with Crippen LogP contribution in [0.15, 0.2) is 61.2 Å². The summed E-state index contributed by atoms with van der Waals surface area (Å²) in [5.74, 6) is 0.622. The van der Waals surface area contributed by atoms with Gasteiger partial charge in [-0.15, -0.1) is 0 Å². The first-order valence-corrected chi connectivity index (χ1v) is 5.58. The summed E-state index contributed by atoms with van der Waals surface area (Å²) in [5, 5.41) is 0. The van der Waals surface area contributed by atoms with Crippen LogP contribution in [0.25, 0.3) is 22.8 Å². The number of aromatic nitrogens is 4. The summed E-state index contributed by atoms with van der Waals surface area (Å²) in [6.45, 7) is 0. The van der Waals surface area contributed by atoms with Gasteiger partial charge in [-0.2, -0.15) is 0 Å². The molecule has 0 atom stereocenters. The third-order valence-corrected chi connectivity index (χ3v) is 2.51. The average Bonchev–Trinajstić information content (AvgIpc) is 2.49. The fourth-order valence-electron chi connectivity index (χ4n) is 1.65. The van der Waals surface area contributed by atoms with Crippen molar-refractivity contribution in [2.75, 3.05) is 0 Å². The van der Waals surface area contributed by atoms with Crippen molar-refractivity contribution >= 4 is 0 Å². The molecule has 3 heterocycles. The van der Waals surface area contributed by atoms with E-state index in [0.717, 1.165) is 17.0 Å². The summed E-state index contributed by atoms with van der Waals surface area (Å²) in [6, 6.07) is 11.4. The molecule has 0 aliphatic carbocycles. The molecule has 0 N–H and O–H groups in total. The Labute approximate surface area is 104 Å². The van der Waals surface area contributed by atoms with E-state index < -0.39 is 0 Å². The minimum Gasteiger partial charge on any atom is -0.264 e. The molecule has 4 heteroatoms. The molecule has 86 valence electrons. The maximum atomic E-state index is 4.50. The lowest BCUT2D eigenvalue weighted by Gasteiger charge is -2.02. The van der Waals surface area contributed by atoms with Crippen LogP contribution in [0.5, 0.6) is 0 Å². The van der Waals surface area contributed by atoms with Crippen LogP contribution in [-0.4, -0.2) is 19.9 Å². The SMILES string of the molecule is c1ccc(-c2nccc(-c3cccnc3)n2)nc1. The molecule has 0 aliphatic heterocycles. The number of hydrogen-bond donors (Lipinski definition) is 0. The minimum absolute atomic E-state index is 0.622. The van der Waals surface area contributed by atoms with Gasteiger partial charge in [0.1, 0.15) is 5.69 Å². The highest BCUT2D eigenvalue weighted by Gasteiger charge is 2.04. The Balaban J connectivity index is 2.05. The van der Waals surface area contributed by atoms with Crippen LogP contribution < -0.4 is 0 Å². The fourth-order valence-corrected chi connectivity index (χ4v) is 1.65. The molecule has 0 spiro atoms. The van der Waals surface area contributed by atoms with Crippen LogP contribution in [0.3, 0.4) is 0 Å². The van der Waals surface area contributed by atoms with Crippen molar-refractivity contribution < 1.29 is 0 Å². The highest BCUT2D eigenvalue weighted by atomic mass is 14.9. The summed E-state index contributed by atoms with van der Waals surface area (Å²) in [4.78, 5) is 17.1. The molecule has 0 unspecified atom stereocenters. The van der Waals surface area contributed by atoms with Gasteiger partial charge in [0.25, 0.3) is 0 Å². The van der Waals surface area contributed by atoms with E-state index in [9.17, 15) is 0 Å². The summed E-state index contributed by atoms with van der Waals surface area (Å²) in [5.41, 5.74) is 2.58. The van der Waals surface area contributed by atoms with E-state index in [0.29, 0.717) is 5.82 Å². The average molecular weight is 234 g/mol. The largest absolute Gasteiger partial charge is 0.264 e. The zero-order valence-electron chi connectivity index (χ0n) is 9.56. The highest BCUT2D eigenvalue weighted by molar-refractivity contribution is 5.60.